The topological polar surface area (TPSA) is 93.9 Å². The van der Waals surface area contributed by atoms with Gasteiger partial charge in [0.15, 0.2) is 18.8 Å². The Morgan fingerprint density at radius 3 is 2.65 bits per heavy atom. The third-order valence-electron chi connectivity index (χ3n) is 4.90. The molecule has 31 heavy (non-hydrogen) atoms. The van der Waals surface area contributed by atoms with Crippen molar-refractivity contribution in [3.8, 4) is 0 Å². The number of hydrogen-bond acceptors (Lipinski definition) is 6. The second kappa shape index (κ2) is 9.80. The highest BCUT2D eigenvalue weighted by Gasteiger charge is 2.27. The number of piperidine rings is 1. The zero-order valence-corrected chi connectivity index (χ0v) is 18.0. The van der Waals surface area contributed by atoms with Gasteiger partial charge in [0.25, 0.3) is 0 Å². The van der Waals surface area contributed by atoms with E-state index in [2.05, 4.69) is 10.3 Å². The molecule has 1 fully saturated rings. The summed E-state index contributed by atoms with van der Waals surface area (Å²) in [5, 5.41) is 2.49. The van der Waals surface area contributed by atoms with Crippen molar-refractivity contribution in [1.82, 2.24) is 9.88 Å². The van der Waals surface area contributed by atoms with Crippen LogP contribution >= 0.6 is 0 Å². The maximum Gasteiger partial charge on any atom is 0.412 e. The Balaban J connectivity index is 1.46. The lowest BCUT2D eigenvalue weighted by molar-refractivity contribution is 0.0184. The van der Waals surface area contributed by atoms with Gasteiger partial charge in [-0.15, -0.1) is 0 Å². The lowest BCUT2D eigenvalue weighted by Gasteiger charge is -2.33. The third-order valence-corrected chi connectivity index (χ3v) is 4.90. The van der Waals surface area contributed by atoms with E-state index >= 15 is 0 Å². The van der Waals surface area contributed by atoms with Gasteiger partial charge in [-0.25, -0.2) is 19.0 Å². The van der Waals surface area contributed by atoms with Gasteiger partial charge < -0.3 is 18.8 Å². The molecule has 1 saturated heterocycles. The van der Waals surface area contributed by atoms with Crippen molar-refractivity contribution in [1.29, 1.82) is 0 Å². The summed E-state index contributed by atoms with van der Waals surface area (Å²) in [5.74, 6) is 0.302. The minimum atomic E-state index is -0.710. The molecule has 0 atom stereocenters. The van der Waals surface area contributed by atoms with Gasteiger partial charge in [-0.3, -0.25) is 5.32 Å². The van der Waals surface area contributed by atoms with Crippen LogP contribution in [0.3, 0.4) is 0 Å². The highest BCUT2D eigenvalue weighted by Crippen LogP contribution is 2.25. The Labute approximate surface area is 180 Å². The van der Waals surface area contributed by atoms with E-state index in [4.69, 9.17) is 13.9 Å². The van der Waals surface area contributed by atoms with E-state index in [1.165, 1.54) is 18.7 Å². The van der Waals surface area contributed by atoms with E-state index in [0.717, 1.165) is 12.8 Å². The molecule has 8 nitrogen and oxygen atoms in total. The molecule has 2 amide bonds. The van der Waals surface area contributed by atoms with Crippen molar-refractivity contribution in [2.45, 2.75) is 52.2 Å². The number of ether oxygens (including phenoxy) is 2. The average molecular weight is 433 g/mol. The molecule has 168 valence electrons. The molecule has 1 N–H and O–H groups in total. The first-order chi connectivity index (χ1) is 14.7. The van der Waals surface area contributed by atoms with Gasteiger partial charge in [0, 0.05) is 18.8 Å². The Bertz CT molecular complexity index is 887. The first-order valence-corrected chi connectivity index (χ1v) is 10.3. The van der Waals surface area contributed by atoms with E-state index in [0.29, 0.717) is 36.5 Å². The van der Waals surface area contributed by atoms with Crippen molar-refractivity contribution in [3.63, 3.8) is 0 Å². The molecule has 3 rings (SSSR count). The Hall–Kier alpha value is -3.10. The zero-order valence-electron chi connectivity index (χ0n) is 18.0. The molecule has 0 unspecified atom stereocenters. The predicted octanol–water partition coefficient (Wildman–Crippen LogP) is 4.75. The van der Waals surface area contributed by atoms with Gasteiger partial charge in [-0.2, -0.15) is 0 Å². The number of rotatable bonds is 5. The van der Waals surface area contributed by atoms with E-state index in [1.807, 2.05) is 20.8 Å². The molecule has 0 spiro atoms. The number of likely N-dealkylation sites (tertiary alicyclic amines) is 1. The summed E-state index contributed by atoms with van der Waals surface area (Å²) >= 11 is 0. The summed E-state index contributed by atoms with van der Waals surface area (Å²) < 4.78 is 29.9. The van der Waals surface area contributed by atoms with Crippen LogP contribution in [-0.2, 0) is 22.5 Å². The standard InChI is InChI=1S/C22H28FN3O5/c1-22(2,3)31-21(28)26-8-6-15(7-9-26)10-16-4-5-17(11-19(16)23)25-20(27)29-13-18-12-24-14-30-18/h4-5,11-12,14-15H,6-10,13H2,1-3H3,(H,25,27). The van der Waals surface area contributed by atoms with Crippen LogP contribution in [-0.4, -0.2) is 40.8 Å². The Morgan fingerprint density at radius 2 is 2.03 bits per heavy atom. The lowest BCUT2D eigenvalue weighted by Crippen LogP contribution is -2.42. The number of hydrogen-bond donors (Lipinski definition) is 1. The maximum atomic E-state index is 14.6. The van der Waals surface area contributed by atoms with Gasteiger partial charge in [0.2, 0.25) is 0 Å². The zero-order chi connectivity index (χ0) is 22.4. The maximum absolute atomic E-state index is 14.6. The summed E-state index contributed by atoms with van der Waals surface area (Å²) in [5.41, 5.74) is 0.370. The molecular formula is C22H28FN3O5. The van der Waals surface area contributed by atoms with Crippen molar-refractivity contribution >= 4 is 17.9 Å². The number of anilines is 1. The lowest BCUT2D eigenvalue weighted by atomic mass is 9.90. The summed E-state index contributed by atoms with van der Waals surface area (Å²) in [7, 11) is 0. The van der Waals surface area contributed by atoms with Gasteiger partial charge in [0.05, 0.1) is 6.20 Å². The first-order valence-electron chi connectivity index (χ1n) is 10.3. The Kier molecular flexibility index (Phi) is 7.14. The van der Waals surface area contributed by atoms with Crippen LogP contribution in [0.1, 0.15) is 44.9 Å². The van der Waals surface area contributed by atoms with Crippen molar-refractivity contribution in [2.24, 2.45) is 5.92 Å². The number of nitrogens with zero attached hydrogens (tertiary/aromatic N) is 2. The second-order valence-corrected chi connectivity index (χ2v) is 8.59. The molecule has 1 aromatic carbocycles. The number of nitrogens with one attached hydrogen (secondary N) is 1. The van der Waals surface area contributed by atoms with Crippen molar-refractivity contribution in [3.05, 3.63) is 47.9 Å². The highest BCUT2D eigenvalue weighted by molar-refractivity contribution is 5.84. The smallest absolute Gasteiger partial charge is 0.412 e. The van der Waals surface area contributed by atoms with Crippen LogP contribution < -0.4 is 5.32 Å². The van der Waals surface area contributed by atoms with E-state index in [9.17, 15) is 14.0 Å². The van der Waals surface area contributed by atoms with E-state index in [1.54, 1.807) is 17.0 Å². The highest BCUT2D eigenvalue weighted by atomic mass is 19.1. The number of amides is 2. The van der Waals surface area contributed by atoms with Gasteiger partial charge >= 0.3 is 12.2 Å². The molecule has 9 heteroatoms. The predicted molar refractivity (Wildman–Crippen MR) is 111 cm³/mol. The summed E-state index contributed by atoms with van der Waals surface area (Å²) in [6.07, 6.45) is 3.82. The molecule has 0 radical (unpaired) electrons. The summed E-state index contributed by atoms with van der Waals surface area (Å²) in [6.45, 7) is 6.66. The average Bonchev–Trinajstić information content (AvgIpc) is 3.21. The van der Waals surface area contributed by atoms with Crippen molar-refractivity contribution in [2.75, 3.05) is 18.4 Å². The Morgan fingerprint density at radius 1 is 1.29 bits per heavy atom. The summed E-state index contributed by atoms with van der Waals surface area (Å²) in [4.78, 5) is 29.4. The number of benzene rings is 1. The molecular weight excluding hydrogens is 405 g/mol. The minimum Gasteiger partial charge on any atom is -0.445 e. The quantitative estimate of drug-likeness (QED) is 0.731. The summed E-state index contributed by atoms with van der Waals surface area (Å²) in [6, 6.07) is 4.59. The van der Waals surface area contributed by atoms with Crippen LogP contribution in [0.4, 0.5) is 19.7 Å². The fourth-order valence-electron chi connectivity index (χ4n) is 3.35. The van der Waals surface area contributed by atoms with Crippen LogP contribution in [0.25, 0.3) is 0 Å². The fraction of sp³-hybridized carbons (Fsp3) is 0.500. The van der Waals surface area contributed by atoms with Crippen LogP contribution in [0.5, 0.6) is 0 Å². The van der Waals surface area contributed by atoms with Gasteiger partial charge in [-0.1, -0.05) is 6.07 Å². The monoisotopic (exact) mass is 433 g/mol. The molecule has 0 aliphatic carbocycles. The number of carbonyl (C=O) groups excluding carboxylic acids is 2. The molecule has 0 saturated carbocycles. The largest absolute Gasteiger partial charge is 0.445 e. The van der Waals surface area contributed by atoms with Crippen LogP contribution in [0, 0.1) is 11.7 Å². The number of carbonyl (C=O) groups is 2. The van der Waals surface area contributed by atoms with Crippen molar-refractivity contribution < 1.29 is 27.9 Å². The molecule has 1 aliphatic rings. The minimum absolute atomic E-state index is 0.0611. The SMILES string of the molecule is CC(C)(C)OC(=O)N1CCC(Cc2ccc(NC(=O)OCc3cnco3)cc2F)CC1. The van der Waals surface area contributed by atoms with Crippen LogP contribution in [0.15, 0.2) is 35.2 Å². The molecule has 2 heterocycles. The number of oxazole rings is 1. The number of aromatic nitrogens is 1. The normalized spacial score (nSPS) is 14.9. The van der Waals surface area contributed by atoms with Gasteiger partial charge in [0.1, 0.15) is 11.4 Å². The molecule has 0 bridgehead atoms. The second-order valence-electron chi connectivity index (χ2n) is 8.59. The van der Waals surface area contributed by atoms with Crippen LogP contribution in [0.2, 0.25) is 0 Å². The third kappa shape index (κ3) is 6.97. The van der Waals surface area contributed by atoms with Gasteiger partial charge in [-0.05, 0) is 63.6 Å². The number of halogens is 1. The molecule has 1 aromatic heterocycles. The molecule has 2 aromatic rings. The molecule has 1 aliphatic heterocycles. The first kappa shape index (κ1) is 22.6. The van der Waals surface area contributed by atoms with E-state index < -0.39 is 11.7 Å². The van der Waals surface area contributed by atoms with E-state index in [-0.39, 0.29) is 24.4 Å². The fourth-order valence-corrected chi connectivity index (χ4v) is 3.35.